The molecule has 0 radical (unpaired) electrons. The van der Waals surface area contributed by atoms with E-state index < -0.39 is 6.10 Å². The highest BCUT2D eigenvalue weighted by atomic mass is 16.5. The largest absolute Gasteiger partial charge is 0.481 e. The first-order chi connectivity index (χ1) is 12.5. The predicted molar refractivity (Wildman–Crippen MR) is 99.2 cm³/mol. The Labute approximate surface area is 152 Å². The molecule has 26 heavy (non-hydrogen) atoms. The molecule has 6 heteroatoms. The average Bonchev–Trinajstić information content (AvgIpc) is 3.16. The fraction of sp³-hybridized carbons (Fsp3) is 0.250. The van der Waals surface area contributed by atoms with Crippen molar-refractivity contribution in [1.82, 2.24) is 20.1 Å². The number of ether oxygens (including phenoxy) is 1. The van der Waals surface area contributed by atoms with Gasteiger partial charge in [0, 0.05) is 0 Å². The Balaban J connectivity index is 1.59. The summed E-state index contributed by atoms with van der Waals surface area (Å²) in [7, 11) is 0. The first-order valence-corrected chi connectivity index (χ1v) is 8.51. The number of hydrogen-bond donors (Lipinski definition) is 1. The molecule has 1 N–H and O–H groups in total. The van der Waals surface area contributed by atoms with Crippen molar-refractivity contribution in [2.45, 2.75) is 32.9 Å². The SMILES string of the molecule is Cc1cccc(O[C@H](C)C(=O)N[C@H](C)c2ccc(-n3cncn3)cc2)c1. The quantitative estimate of drug-likeness (QED) is 0.741. The third kappa shape index (κ3) is 4.27. The van der Waals surface area contributed by atoms with Crippen LogP contribution in [0, 0.1) is 6.92 Å². The molecule has 0 unspecified atom stereocenters. The van der Waals surface area contributed by atoms with Gasteiger partial charge in [-0.3, -0.25) is 4.79 Å². The number of carbonyl (C=O) groups excluding carboxylic acids is 1. The lowest BCUT2D eigenvalue weighted by Crippen LogP contribution is -2.37. The Morgan fingerprint density at radius 2 is 1.92 bits per heavy atom. The number of amides is 1. The van der Waals surface area contributed by atoms with Gasteiger partial charge in [-0.1, -0.05) is 24.3 Å². The Morgan fingerprint density at radius 3 is 2.58 bits per heavy atom. The molecule has 3 aromatic rings. The first-order valence-electron chi connectivity index (χ1n) is 8.51. The van der Waals surface area contributed by atoms with Gasteiger partial charge in [0.05, 0.1) is 11.7 Å². The number of carbonyl (C=O) groups is 1. The lowest BCUT2D eigenvalue weighted by atomic mass is 10.1. The minimum absolute atomic E-state index is 0.129. The molecule has 2 aromatic carbocycles. The molecule has 0 fully saturated rings. The molecule has 0 bridgehead atoms. The van der Waals surface area contributed by atoms with Crippen molar-refractivity contribution in [3.05, 3.63) is 72.3 Å². The smallest absolute Gasteiger partial charge is 0.261 e. The van der Waals surface area contributed by atoms with E-state index in [1.165, 1.54) is 6.33 Å². The summed E-state index contributed by atoms with van der Waals surface area (Å²) in [6.07, 6.45) is 2.56. The molecule has 1 heterocycles. The van der Waals surface area contributed by atoms with Gasteiger partial charge >= 0.3 is 0 Å². The number of hydrogen-bond acceptors (Lipinski definition) is 4. The van der Waals surface area contributed by atoms with E-state index in [9.17, 15) is 4.79 Å². The van der Waals surface area contributed by atoms with Crippen LogP contribution < -0.4 is 10.1 Å². The number of rotatable bonds is 6. The van der Waals surface area contributed by atoms with E-state index >= 15 is 0 Å². The molecule has 134 valence electrons. The van der Waals surface area contributed by atoms with Crippen LogP contribution >= 0.6 is 0 Å². The van der Waals surface area contributed by atoms with E-state index in [1.54, 1.807) is 17.9 Å². The fourth-order valence-corrected chi connectivity index (χ4v) is 2.62. The highest BCUT2D eigenvalue weighted by Gasteiger charge is 2.18. The van der Waals surface area contributed by atoms with Crippen LogP contribution in [0.15, 0.2) is 61.2 Å². The summed E-state index contributed by atoms with van der Waals surface area (Å²) in [6.45, 7) is 5.68. The summed E-state index contributed by atoms with van der Waals surface area (Å²) in [5.74, 6) is 0.539. The van der Waals surface area contributed by atoms with Gasteiger partial charge in [0.15, 0.2) is 6.10 Å². The lowest BCUT2D eigenvalue weighted by Gasteiger charge is -2.19. The number of nitrogens with zero attached hydrogens (tertiary/aromatic N) is 3. The van der Waals surface area contributed by atoms with Crippen LogP contribution in [-0.2, 0) is 4.79 Å². The molecule has 0 aliphatic rings. The van der Waals surface area contributed by atoms with Crippen molar-refractivity contribution in [1.29, 1.82) is 0 Å². The van der Waals surface area contributed by atoms with E-state index in [0.717, 1.165) is 16.8 Å². The number of aryl methyl sites for hydroxylation is 1. The van der Waals surface area contributed by atoms with Gasteiger partial charge < -0.3 is 10.1 Å². The van der Waals surface area contributed by atoms with Gasteiger partial charge in [0.1, 0.15) is 18.4 Å². The number of nitrogens with one attached hydrogen (secondary N) is 1. The molecular formula is C20H22N4O2. The highest BCUT2D eigenvalue weighted by Crippen LogP contribution is 2.17. The summed E-state index contributed by atoms with van der Waals surface area (Å²) in [4.78, 5) is 16.3. The lowest BCUT2D eigenvalue weighted by molar-refractivity contribution is -0.127. The van der Waals surface area contributed by atoms with Crippen LogP contribution in [0.4, 0.5) is 0 Å². The minimum atomic E-state index is -0.575. The summed E-state index contributed by atoms with van der Waals surface area (Å²) in [5.41, 5.74) is 3.02. The first kappa shape index (κ1) is 17.7. The Kier molecular flexibility index (Phi) is 5.31. The second kappa shape index (κ2) is 7.82. The monoisotopic (exact) mass is 350 g/mol. The molecule has 1 amide bonds. The standard InChI is InChI=1S/C20H22N4O2/c1-14-5-4-6-19(11-14)26-16(3)20(25)23-15(2)17-7-9-18(10-8-17)24-13-21-12-22-24/h4-13,15-16H,1-3H3,(H,23,25)/t15-,16-/m1/s1. The predicted octanol–water partition coefficient (Wildman–Crippen LogP) is 3.22. The normalized spacial score (nSPS) is 13.0. The zero-order valence-electron chi connectivity index (χ0n) is 15.1. The summed E-state index contributed by atoms with van der Waals surface area (Å²) in [6, 6.07) is 15.4. The average molecular weight is 350 g/mol. The maximum Gasteiger partial charge on any atom is 0.261 e. The van der Waals surface area contributed by atoms with Gasteiger partial charge in [0.25, 0.3) is 5.91 Å². The van der Waals surface area contributed by atoms with Gasteiger partial charge in [-0.05, 0) is 56.2 Å². The molecule has 0 spiro atoms. The Morgan fingerprint density at radius 1 is 1.15 bits per heavy atom. The van der Waals surface area contributed by atoms with Crippen molar-refractivity contribution in [3.63, 3.8) is 0 Å². The third-order valence-electron chi connectivity index (χ3n) is 4.11. The van der Waals surface area contributed by atoms with Crippen LogP contribution in [0.3, 0.4) is 0 Å². The highest BCUT2D eigenvalue weighted by molar-refractivity contribution is 5.81. The van der Waals surface area contributed by atoms with Gasteiger partial charge in [0.2, 0.25) is 0 Å². The van der Waals surface area contributed by atoms with E-state index in [2.05, 4.69) is 15.4 Å². The van der Waals surface area contributed by atoms with Crippen molar-refractivity contribution < 1.29 is 9.53 Å². The second-order valence-corrected chi connectivity index (χ2v) is 6.24. The van der Waals surface area contributed by atoms with Crippen molar-refractivity contribution in [2.24, 2.45) is 0 Å². The summed E-state index contributed by atoms with van der Waals surface area (Å²) >= 11 is 0. The fourth-order valence-electron chi connectivity index (χ4n) is 2.62. The second-order valence-electron chi connectivity index (χ2n) is 6.24. The Hall–Kier alpha value is -3.15. The molecular weight excluding hydrogens is 328 g/mol. The van der Waals surface area contributed by atoms with Crippen LogP contribution in [0.2, 0.25) is 0 Å². The zero-order valence-corrected chi connectivity index (χ0v) is 15.1. The minimum Gasteiger partial charge on any atom is -0.481 e. The maximum absolute atomic E-state index is 12.4. The zero-order chi connectivity index (χ0) is 18.5. The van der Waals surface area contributed by atoms with Crippen LogP contribution in [0.25, 0.3) is 5.69 Å². The molecule has 3 rings (SSSR count). The topological polar surface area (TPSA) is 69.0 Å². The van der Waals surface area contributed by atoms with Crippen LogP contribution in [0.5, 0.6) is 5.75 Å². The molecule has 2 atom stereocenters. The maximum atomic E-state index is 12.4. The van der Waals surface area contributed by atoms with Crippen LogP contribution in [-0.4, -0.2) is 26.8 Å². The molecule has 0 saturated carbocycles. The number of aromatic nitrogens is 3. The van der Waals surface area contributed by atoms with Gasteiger partial charge in [-0.25, -0.2) is 9.67 Å². The number of benzene rings is 2. The molecule has 0 saturated heterocycles. The van der Waals surface area contributed by atoms with Crippen molar-refractivity contribution in [3.8, 4) is 11.4 Å². The van der Waals surface area contributed by atoms with Crippen LogP contribution in [0.1, 0.15) is 31.0 Å². The van der Waals surface area contributed by atoms with E-state index in [4.69, 9.17) is 4.74 Å². The molecule has 6 nitrogen and oxygen atoms in total. The molecule has 1 aromatic heterocycles. The van der Waals surface area contributed by atoms with Gasteiger partial charge in [-0.15, -0.1) is 0 Å². The van der Waals surface area contributed by atoms with E-state index in [1.807, 2.05) is 62.4 Å². The molecule has 0 aliphatic heterocycles. The van der Waals surface area contributed by atoms with E-state index in [0.29, 0.717) is 5.75 Å². The van der Waals surface area contributed by atoms with Crippen molar-refractivity contribution in [2.75, 3.05) is 0 Å². The molecule has 0 aliphatic carbocycles. The summed E-state index contributed by atoms with van der Waals surface area (Å²) < 4.78 is 7.42. The summed E-state index contributed by atoms with van der Waals surface area (Å²) in [5, 5.41) is 7.08. The Bertz CT molecular complexity index is 860. The van der Waals surface area contributed by atoms with Gasteiger partial charge in [-0.2, -0.15) is 5.10 Å². The third-order valence-corrected chi connectivity index (χ3v) is 4.11. The van der Waals surface area contributed by atoms with E-state index in [-0.39, 0.29) is 11.9 Å². The van der Waals surface area contributed by atoms with Crippen molar-refractivity contribution >= 4 is 5.91 Å².